The van der Waals surface area contributed by atoms with Crippen molar-refractivity contribution in [1.82, 2.24) is 20.2 Å². The van der Waals surface area contributed by atoms with Crippen molar-refractivity contribution in [3.8, 4) is 0 Å². The number of anilines is 1. The molecule has 26 heavy (non-hydrogen) atoms. The quantitative estimate of drug-likeness (QED) is 0.536. The molecule has 1 aromatic rings. The fourth-order valence-electron chi connectivity index (χ4n) is 3.21. The highest BCUT2D eigenvalue weighted by atomic mass is 35.5. The summed E-state index contributed by atoms with van der Waals surface area (Å²) < 4.78 is 0. The maximum absolute atomic E-state index is 12.6. The third-order valence-corrected chi connectivity index (χ3v) is 4.46. The number of carbonyl (C=O) groups excluding carboxylic acids is 2. The van der Waals surface area contributed by atoms with Gasteiger partial charge in [-0.1, -0.05) is 38.3 Å². The van der Waals surface area contributed by atoms with Gasteiger partial charge in [-0.05, 0) is 31.9 Å². The van der Waals surface area contributed by atoms with Gasteiger partial charge in [-0.2, -0.15) is 0 Å². The molecule has 8 heteroatoms. The second-order valence-corrected chi connectivity index (χ2v) is 6.61. The second kappa shape index (κ2) is 8.80. The number of aromatic nitrogens is 2. The number of amides is 2. The maximum Gasteiger partial charge on any atom is 0.271 e. The van der Waals surface area contributed by atoms with Gasteiger partial charge in [0, 0.05) is 11.9 Å². The second-order valence-electron chi connectivity index (χ2n) is 6.20. The molecule has 1 aliphatic heterocycles. The standard InChI is InChI=1S/C18H24ClN5O2/c1-4-7-18(8-5-2)23-17(26)16(24(18)12-25)14(19)10-13(3)22-15-6-9-20-11-21-15/h6,9-12H,4-5,7-8H2,1-3H3,(H,23,26)(H,20,21,22)/b13-10+,16-14+. The highest BCUT2D eigenvalue weighted by Gasteiger charge is 2.47. The van der Waals surface area contributed by atoms with E-state index in [0.29, 0.717) is 30.8 Å². The SMILES string of the molecule is CCCC1(CCC)NC(=O)/C(=C(Cl)/C=C(\C)Nc2ccncn2)N1C=O. The molecule has 0 aliphatic carbocycles. The van der Waals surface area contributed by atoms with Gasteiger partial charge in [-0.3, -0.25) is 14.5 Å². The fourth-order valence-corrected chi connectivity index (χ4v) is 3.55. The van der Waals surface area contributed by atoms with Crippen LogP contribution in [0.25, 0.3) is 0 Å². The molecule has 0 bridgehead atoms. The van der Waals surface area contributed by atoms with E-state index in [2.05, 4.69) is 20.6 Å². The van der Waals surface area contributed by atoms with Crippen LogP contribution in [-0.2, 0) is 9.59 Å². The minimum Gasteiger partial charge on any atom is -0.344 e. The summed E-state index contributed by atoms with van der Waals surface area (Å²) in [7, 11) is 0. The number of hydrogen-bond donors (Lipinski definition) is 2. The number of nitrogens with zero attached hydrogens (tertiary/aromatic N) is 3. The average molecular weight is 378 g/mol. The topological polar surface area (TPSA) is 87.2 Å². The van der Waals surface area contributed by atoms with Crippen LogP contribution in [0.15, 0.2) is 41.1 Å². The third-order valence-electron chi connectivity index (χ3n) is 4.17. The predicted octanol–water partition coefficient (Wildman–Crippen LogP) is 3.13. The zero-order valence-corrected chi connectivity index (χ0v) is 16.0. The summed E-state index contributed by atoms with van der Waals surface area (Å²) in [6.07, 6.45) is 8.34. The van der Waals surface area contributed by atoms with Crippen LogP contribution in [0.3, 0.4) is 0 Å². The van der Waals surface area contributed by atoms with Crippen LogP contribution < -0.4 is 10.6 Å². The Balaban J connectivity index is 2.35. The molecule has 7 nitrogen and oxygen atoms in total. The van der Waals surface area contributed by atoms with E-state index in [1.165, 1.54) is 11.2 Å². The van der Waals surface area contributed by atoms with E-state index in [-0.39, 0.29) is 16.6 Å². The van der Waals surface area contributed by atoms with E-state index in [9.17, 15) is 9.59 Å². The number of hydrogen-bond acceptors (Lipinski definition) is 5. The summed E-state index contributed by atoms with van der Waals surface area (Å²) in [5, 5.41) is 6.23. The predicted molar refractivity (Wildman–Crippen MR) is 101 cm³/mol. The van der Waals surface area contributed by atoms with Crippen molar-refractivity contribution in [2.24, 2.45) is 0 Å². The van der Waals surface area contributed by atoms with E-state index >= 15 is 0 Å². The Kier molecular flexibility index (Phi) is 6.74. The van der Waals surface area contributed by atoms with Gasteiger partial charge < -0.3 is 10.6 Å². The zero-order chi connectivity index (χ0) is 19.2. The van der Waals surface area contributed by atoms with Gasteiger partial charge in [-0.25, -0.2) is 9.97 Å². The first-order valence-electron chi connectivity index (χ1n) is 8.65. The van der Waals surface area contributed by atoms with E-state index in [1.807, 2.05) is 13.8 Å². The highest BCUT2D eigenvalue weighted by Crippen LogP contribution is 2.35. The minimum atomic E-state index is -0.709. The molecule has 0 aromatic carbocycles. The zero-order valence-electron chi connectivity index (χ0n) is 15.3. The van der Waals surface area contributed by atoms with E-state index < -0.39 is 5.66 Å². The fraction of sp³-hybridized carbons (Fsp3) is 0.444. The molecule has 1 fully saturated rings. The summed E-state index contributed by atoms with van der Waals surface area (Å²) in [5.41, 5.74) is 0.148. The van der Waals surface area contributed by atoms with Crippen molar-refractivity contribution in [1.29, 1.82) is 0 Å². The summed E-state index contributed by atoms with van der Waals surface area (Å²) >= 11 is 6.41. The lowest BCUT2D eigenvalue weighted by atomic mass is 9.98. The number of halogens is 1. The Bertz CT molecular complexity index is 712. The lowest BCUT2D eigenvalue weighted by molar-refractivity contribution is -0.121. The van der Waals surface area contributed by atoms with Crippen molar-refractivity contribution >= 4 is 29.7 Å². The Hall–Kier alpha value is -2.41. The molecule has 1 aliphatic rings. The number of carbonyl (C=O) groups is 2. The van der Waals surface area contributed by atoms with Gasteiger partial charge in [0.2, 0.25) is 6.41 Å². The van der Waals surface area contributed by atoms with Gasteiger partial charge >= 0.3 is 0 Å². The van der Waals surface area contributed by atoms with E-state index in [1.54, 1.807) is 25.3 Å². The van der Waals surface area contributed by atoms with E-state index in [0.717, 1.165) is 12.8 Å². The van der Waals surface area contributed by atoms with Crippen LogP contribution >= 0.6 is 11.6 Å². The van der Waals surface area contributed by atoms with Crippen LogP contribution in [0.2, 0.25) is 0 Å². The van der Waals surface area contributed by atoms with Crippen molar-refractivity contribution in [2.75, 3.05) is 5.32 Å². The summed E-state index contributed by atoms with van der Waals surface area (Å²) in [6, 6.07) is 1.71. The summed E-state index contributed by atoms with van der Waals surface area (Å²) in [4.78, 5) is 33.7. The molecule has 2 N–H and O–H groups in total. The van der Waals surface area contributed by atoms with Crippen LogP contribution in [0.5, 0.6) is 0 Å². The molecule has 1 aromatic heterocycles. The molecule has 0 unspecified atom stereocenters. The van der Waals surface area contributed by atoms with Gasteiger partial charge in [0.25, 0.3) is 5.91 Å². The molecule has 0 spiro atoms. The number of nitrogens with one attached hydrogen (secondary N) is 2. The van der Waals surface area contributed by atoms with Gasteiger partial charge in [0.1, 0.15) is 23.5 Å². The normalized spacial score (nSPS) is 18.5. The molecule has 140 valence electrons. The molecule has 1 saturated heterocycles. The monoisotopic (exact) mass is 377 g/mol. The molecule has 0 atom stereocenters. The maximum atomic E-state index is 12.6. The largest absolute Gasteiger partial charge is 0.344 e. The Morgan fingerprint density at radius 1 is 1.38 bits per heavy atom. The van der Waals surface area contributed by atoms with Crippen LogP contribution in [0.1, 0.15) is 46.5 Å². The molecule has 2 heterocycles. The highest BCUT2D eigenvalue weighted by molar-refractivity contribution is 6.33. The van der Waals surface area contributed by atoms with Gasteiger partial charge in [-0.15, -0.1) is 0 Å². The first-order chi connectivity index (χ1) is 12.5. The molecule has 0 radical (unpaired) electrons. The van der Waals surface area contributed by atoms with Crippen LogP contribution in [0, 0.1) is 0 Å². The van der Waals surface area contributed by atoms with Crippen molar-refractivity contribution in [3.63, 3.8) is 0 Å². The number of rotatable bonds is 8. The molecular weight excluding hydrogens is 354 g/mol. The Labute approximate surface area is 158 Å². The van der Waals surface area contributed by atoms with Crippen molar-refractivity contribution in [2.45, 2.75) is 52.1 Å². The van der Waals surface area contributed by atoms with Gasteiger partial charge in [0.05, 0.1) is 5.03 Å². The van der Waals surface area contributed by atoms with Crippen molar-refractivity contribution in [3.05, 3.63) is 41.1 Å². The Morgan fingerprint density at radius 2 is 2.08 bits per heavy atom. The smallest absolute Gasteiger partial charge is 0.271 e. The average Bonchev–Trinajstić information content (AvgIpc) is 2.87. The number of allylic oxidation sites excluding steroid dienone is 3. The minimum absolute atomic E-state index is 0.174. The summed E-state index contributed by atoms with van der Waals surface area (Å²) in [5.74, 6) is 0.271. The lowest BCUT2D eigenvalue weighted by Gasteiger charge is -2.35. The van der Waals surface area contributed by atoms with Crippen molar-refractivity contribution < 1.29 is 9.59 Å². The van der Waals surface area contributed by atoms with Crippen LogP contribution in [0.4, 0.5) is 5.82 Å². The molecular formula is C18H24ClN5O2. The van der Waals surface area contributed by atoms with E-state index in [4.69, 9.17) is 11.6 Å². The first kappa shape index (κ1) is 19.9. The molecule has 2 amide bonds. The first-order valence-corrected chi connectivity index (χ1v) is 9.03. The molecule has 0 saturated carbocycles. The van der Waals surface area contributed by atoms with Crippen LogP contribution in [-0.4, -0.2) is 32.8 Å². The Morgan fingerprint density at radius 3 is 2.62 bits per heavy atom. The summed E-state index contributed by atoms with van der Waals surface area (Å²) in [6.45, 7) is 5.84. The van der Waals surface area contributed by atoms with Gasteiger partial charge in [0.15, 0.2) is 0 Å². The third kappa shape index (κ3) is 4.22. The lowest BCUT2D eigenvalue weighted by Crippen LogP contribution is -2.51. The molecule has 2 rings (SSSR count).